The lowest BCUT2D eigenvalue weighted by molar-refractivity contribution is -0.122. The van der Waals surface area contributed by atoms with Crippen LogP contribution in [0.5, 0.6) is 0 Å². The highest BCUT2D eigenvalue weighted by molar-refractivity contribution is 5.82. The van der Waals surface area contributed by atoms with E-state index in [1.807, 2.05) is 13.8 Å². The summed E-state index contributed by atoms with van der Waals surface area (Å²) >= 11 is 0. The molecule has 2 amide bonds. The molecule has 0 unspecified atom stereocenters. The maximum Gasteiger partial charge on any atom is 0.410 e. The summed E-state index contributed by atoms with van der Waals surface area (Å²) in [5.74, 6) is -0.187. The minimum atomic E-state index is -0.482. The van der Waals surface area contributed by atoms with Gasteiger partial charge in [-0.15, -0.1) is 0 Å². The molecular weight excluding hydrogens is 196 g/mol. The maximum atomic E-state index is 11.3. The SMILES string of the molecule is CC(C)NC(=O)CN(C)C(=O)OC(C)C. The Labute approximate surface area is 90.8 Å². The van der Waals surface area contributed by atoms with E-state index in [0.717, 1.165) is 0 Å². The van der Waals surface area contributed by atoms with Crippen LogP contribution in [0.25, 0.3) is 0 Å². The molecule has 0 saturated heterocycles. The van der Waals surface area contributed by atoms with Crippen LogP contribution in [0, 0.1) is 0 Å². The fraction of sp³-hybridized carbons (Fsp3) is 0.800. The number of carbonyl (C=O) groups excluding carboxylic acids is 2. The molecule has 0 aromatic carbocycles. The van der Waals surface area contributed by atoms with Crippen molar-refractivity contribution in [2.45, 2.75) is 39.8 Å². The van der Waals surface area contributed by atoms with E-state index in [2.05, 4.69) is 5.32 Å². The molecule has 15 heavy (non-hydrogen) atoms. The number of rotatable bonds is 4. The summed E-state index contributed by atoms with van der Waals surface area (Å²) < 4.78 is 4.92. The third kappa shape index (κ3) is 6.76. The van der Waals surface area contributed by atoms with E-state index in [-0.39, 0.29) is 24.6 Å². The predicted molar refractivity (Wildman–Crippen MR) is 57.5 cm³/mol. The first kappa shape index (κ1) is 13.7. The van der Waals surface area contributed by atoms with Crippen molar-refractivity contribution in [3.63, 3.8) is 0 Å². The maximum absolute atomic E-state index is 11.3. The Morgan fingerprint density at radius 2 is 1.80 bits per heavy atom. The minimum absolute atomic E-state index is 0.0176. The van der Waals surface area contributed by atoms with Crippen molar-refractivity contribution in [3.8, 4) is 0 Å². The molecule has 0 aliphatic carbocycles. The second-order valence-corrected chi connectivity index (χ2v) is 4.01. The topological polar surface area (TPSA) is 58.6 Å². The van der Waals surface area contributed by atoms with Gasteiger partial charge in [-0.05, 0) is 27.7 Å². The third-order valence-corrected chi connectivity index (χ3v) is 1.48. The van der Waals surface area contributed by atoms with Crippen molar-refractivity contribution in [2.24, 2.45) is 0 Å². The van der Waals surface area contributed by atoms with Gasteiger partial charge in [0.15, 0.2) is 0 Å². The van der Waals surface area contributed by atoms with Crippen LogP contribution in [-0.4, -0.2) is 42.6 Å². The molecule has 88 valence electrons. The van der Waals surface area contributed by atoms with Crippen molar-refractivity contribution >= 4 is 12.0 Å². The number of amides is 2. The number of ether oxygens (including phenoxy) is 1. The Balaban J connectivity index is 3.96. The molecule has 0 spiro atoms. The van der Waals surface area contributed by atoms with Crippen molar-refractivity contribution in [1.29, 1.82) is 0 Å². The first-order valence-electron chi connectivity index (χ1n) is 5.04. The van der Waals surface area contributed by atoms with Gasteiger partial charge in [0, 0.05) is 13.1 Å². The molecule has 0 rings (SSSR count). The smallest absolute Gasteiger partial charge is 0.410 e. The molecule has 0 aromatic heterocycles. The molecule has 0 aliphatic rings. The molecule has 0 aliphatic heterocycles. The van der Waals surface area contributed by atoms with E-state index in [9.17, 15) is 9.59 Å². The van der Waals surface area contributed by atoms with Crippen LogP contribution in [0.3, 0.4) is 0 Å². The molecular formula is C10H20N2O3. The average molecular weight is 216 g/mol. The standard InChI is InChI=1S/C10H20N2O3/c1-7(2)11-9(13)6-12(5)10(14)15-8(3)4/h7-8H,6H2,1-5H3,(H,11,13). The van der Waals surface area contributed by atoms with E-state index in [4.69, 9.17) is 4.74 Å². The van der Waals surface area contributed by atoms with Gasteiger partial charge in [0.1, 0.15) is 6.54 Å². The molecule has 0 saturated carbocycles. The number of nitrogens with one attached hydrogen (secondary N) is 1. The van der Waals surface area contributed by atoms with Gasteiger partial charge in [0.05, 0.1) is 6.10 Å². The largest absolute Gasteiger partial charge is 0.447 e. The minimum Gasteiger partial charge on any atom is -0.447 e. The van der Waals surface area contributed by atoms with Crippen molar-refractivity contribution < 1.29 is 14.3 Å². The normalized spacial score (nSPS) is 10.3. The van der Waals surface area contributed by atoms with Crippen LogP contribution < -0.4 is 5.32 Å². The Hall–Kier alpha value is -1.26. The zero-order valence-electron chi connectivity index (χ0n) is 10.0. The first-order valence-corrected chi connectivity index (χ1v) is 5.04. The van der Waals surface area contributed by atoms with E-state index >= 15 is 0 Å². The van der Waals surface area contributed by atoms with Crippen LogP contribution in [0.2, 0.25) is 0 Å². The van der Waals surface area contributed by atoms with E-state index in [0.29, 0.717) is 0 Å². The van der Waals surface area contributed by atoms with Crippen molar-refractivity contribution in [2.75, 3.05) is 13.6 Å². The summed E-state index contributed by atoms with van der Waals surface area (Å²) in [6.45, 7) is 7.28. The second-order valence-electron chi connectivity index (χ2n) is 4.01. The average Bonchev–Trinajstić information content (AvgIpc) is 2.00. The van der Waals surface area contributed by atoms with Crippen LogP contribution in [0.1, 0.15) is 27.7 Å². The number of hydrogen-bond donors (Lipinski definition) is 1. The van der Waals surface area contributed by atoms with Crippen LogP contribution in [0.15, 0.2) is 0 Å². The van der Waals surface area contributed by atoms with Gasteiger partial charge in [0.2, 0.25) is 5.91 Å². The van der Waals surface area contributed by atoms with Crippen LogP contribution in [0.4, 0.5) is 4.79 Å². The zero-order valence-corrected chi connectivity index (χ0v) is 10.0. The van der Waals surface area contributed by atoms with Gasteiger partial charge < -0.3 is 15.0 Å². The Kier molecular flexibility index (Phi) is 5.74. The van der Waals surface area contributed by atoms with Gasteiger partial charge in [-0.3, -0.25) is 4.79 Å². The monoisotopic (exact) mass is 216 g/mol. The van der Waals surface area contributed by atoms with Gasteiger partial charge in [-0.2, -0.15) is 0 Å². The summed E-state index contributed by atoms with van der Waals surface area (Å²) in [5.41, 5.74) is 0. The number of nitrogens with zero attached hydrogens (tertiary/aromatic N) is 1. The lowest BCUT2D eigenvalue weighted by Gasteiger charge is -2.18. The fourth-order valence-electron chi connectivity index (χ4n) is 0.939. The highest BCUT2D eigenvalue weighted by Gasteiger charge is 2.15. The van der Waals surface area contributed by atoms with Gasteiger partial charge in [-0.1, -0.05) is 0 Å². The molecule has 0 atom stereocenters. The Morgan fingerprint density at radius 1 is 1.27 bits per heavy atom. The van der Waals surface area contributed by atoms with Gasteiger partial charge >= 0.3 is 6.09 Å². The highest BCUT2D eigenvalue weighted by atomic mass is 16.6. The Morgan fingerprint density at radius 3 is 2.20 bits per heavy atom. The summed E-state index contributed by atoms with van der Waals surface area (Å²) in [5, 5.41) is 2.69. The van der Waals surface area contributed by atoms with Gasteiger partial charge in [0.25, 0.3) is 0 Å². The summed E-state index contributed by atoms with van der Waals surface area (Å²) in [6.07, 6.45) is -0.656. The summed E-state index contributed by atoms with van der Waals surface area (Å²) in [7, 11) is 1.53. The highest BCUT2D eigenvalue weighted by Crippen LogP contribution is 1.95. The molecule has 5 nitrogen and oxygen atoms in total. The molecule has 0 heterocycles. The van der Waals surface area contributed by atoms with E-state index in [1.54, 1.807) is 13.8 Å². The molecule has 0 fully saturated rings. The van der Waals surface area contributed by atoms with E-state index < -0.39 is 6.09 Å². The lowest BCUT2D eigenvalue weighted by Crippen LogP contribution is -2.41. The zero-order chi connectivity index (χ0) is 12.0. The molecule has 0 bridgehead atoms. The van der Waals surface area contributed by atoms with E-state index in [1.165, 1.54) is 11.9 Å². The molecule has 0 radical (unpaired) electrons. The quantitative estimate of drug-likeness (QED) is 0.762. The van der Waals surface area contributed by atoms with Crippen LogP contribution in [-0.2, 0) is 9.53 Å². The molecule has 1 N–H and O–H groups in total. The first-order chi connectivity index (χ1) is 6.82. The molecule has 0 aromatic rings. The Bertz CT molecular complexity index is 227. The van der Waals surface area contributed by atoms with Crippen molar-refractivity contribution in [3.05, 3.63) is 0 Å². The number of carbonyl (C=O) groups is 2. The number of hydrogen-bond acceptors (Lipinski definition) is 3. The van der Waals surface area contributed by atoms with Crippen LogP contribution >= 0.6 is 0 Å². The lowest BCUT2D eigenvalue weighted by atomic mass is 10.4. The summed E-state index contributed by atoms with van der Waals surface area (Å²) in [4.78, 5) is 23.8. The van der Waals surface area contributed by atoms with Gasteiger partial charge in [-0.25, -0.2) is 4.79 Å². The third-order valence-electron chi connectivity index (χ3n) is 1.48. The fourth-order valence-corrected chi connectivity index (χ4v) is 0.939. The molecule has 5 heteroatoms. The predicted octanol–water partition coefficient (Wildman–Crippen LogP) is 0.988. The number of likely N-dealkylation sites (N-methyl/N-ethyl adjacent to an activating group) is 1. The second kappa shape index (κ2) is 6.27. The summed E-state index contributed by atoms with van der Waals surface area (Å²) in [6, 6.07) is 0.0759. The van der Waals surface area contributed by atoms with Crippen molar-refractivity contribution in [1.82, 2.24) is 10.2 Å².